The highest BCUT2D eigenvalue weighted by atomic mass is 32.2. The molecule has 8 heteroatoms. The second-order valence-corrected chi connectivity index (χ2v) is 8.09. The lowest BCUT2D eigenvalue weighted by molar-refractivity contribution is -0.129. The van der Waals surface area contributed by atoms with Crippen molar-refractivity contribution < 1.29 is 22.4 Å². The zero-order valence-corrected chi connectivity index (χ0v) is 12.8. The Labute approximate surface area is 128 Å². The number of amides is 2. The minimum atomic E-state index is -3.02. The van der Waals surface area contributed by atoms with Crippen LogP contribution < -0.4 is 5.32 Å². The molecule has 120 valence electrons. The minimum absolute atomic E-state index is 0.00445. The van der Waals surface area contributed by atoms with Crippen molar-refractivity contribution in [1.29, 1.82) is 0 Å². The van der Waals surface area contributed by atoms with Gasteiger partial charge in [0, 0.05) is 19.0 Å². The molecule has 0 bridgehead atoms. The maximum atomic E-state index is 12.2. The van der Waals surface area contributed by atoms with Crippen molar-refractivity contribution in [3.63, 3.8) is 0 Å². The first-order valence-electron chi connectivity index (χ1n) is 7.24. The van der Waals surface area contributed by atoms with Gasteiger partial charge in [-0.2, -0.15) is 0 Å². The fourth-order valence-corrected chi connectivity index (χ4v) is 4.59. The van der Waals surface area contributed by atoms with E-state index in [-0.39, 0.29) is 35.8 Å². The number of rotatable bonds is 4. The molecule has 0 aliphatic carbocycles. The third-order valence-electron chi connectivity index (χ3n) is 4.09. The SMILES string of the molecule is O=C(N[C@@H]1CCS(=O)(=O)C1)[C@H]1CC(=O)N(Cc2ccco2)C1. The van der Waals surface area contributed by atoms with Crippen LogP contribution in [0.4, 0.5) is 0 Å². The third-order valence-corrected chi connectivity index (χ3v) is 5.86. The molecule has 3 heterocycles. The van der Waals surface area contributed by atoms with Gasteiger partial charge in [-0.05, 0) is 18.6 Å². The second-order valence-electron chi connectivity index (χ2n) is 5.86. The second kappa shape index (κ2) is 5.75. The van der Waals surface area contributed by atoms with Crippen molar-refractivity contribution in [3.8, 4) is 0 Å². The Morgan fingerprint density at radius 2 is 2.27 bits per heavy atom. The molecule has 2 aliphatic rings. The molecule has 1 aromatic heterocycles. The molecule has 2 aliphatic heterocycles. The molecule has 3 rings (SSSR count). The van der Waals surface area contributed by atoms with Gasteiger partial charge in [-0.15, -0.1) is 0 Å². The predicted octanol–water partition coefficient (Wildman–Crippen LogP) is -0.0686. The van der Waals surface area contributed by atoms with Gasteiger partial charge in [0.05, 0.1) is 30.2 Å². The maximum absolute atomic E-state index is 12.2. The maximum Gasteiger partial charge on any atom is 0.225 e. The highest BCUT2D eigenvalue weighted by Gasteiger charge is 2.37. The number of nitrogens with one attached hydrogen (secondary N) is 1. The van der Waals surface area contributed by atoms with Crippen molar-refractivity contribution in [2.75, 3.05) is 18.1 Å². The summed E-state index contributed by atoms with van der Waals surface area (Å²) in [4.78, 5) is 25.8. The van der Waals surface area contributed by atoms with Crippen LogP contribution in [0, 0.1) is 5.92 Å². The molecule has 2 fully saturated rings. The van der Waals surface area contributed by atoms with E-state index in [0.717, 1.165) is 0 Å². The summed E-state index contributed by atoms with van der Waals surface area (Å²) >= 11 is 0. The number of carbonyl (C=O) groups excluding carboxylic acids is 2. The van der Waals surface area contributed by atoms with Crippen LogP contribution in [0.5, 0.6) is 0 Å². The van der Waals surface area contributed by atoms with E-state index in [1.54, 1.807) is 23.3 Å². The third kappa shape index (κ3) is 3.32. The average Bonchev–Trinajstić information content (AvgIpc) is 3.13. The van der Waals surface area contributed by atoms with Gasteiger partial charge in [0.15, 0.2) is 9.84 Å². The average molecular weight is 326 g/mol. The number of hydrogen-bond acceptors (Lipinski definition) is 5. The lowest BCUT2D eigenvalue weighted by Gasteiger charge is -2.16. The van der Waals surface area contributed by atoms with Gasteiger partial charge in [-0.1, -0.05) is 0 Å². The topological polar surface area (TPSA) is 96.7 Å². The van der Waals surface area contributed by atoms with Crippen LogP contribution >= 0.6 is 0 Å². The Balaban J connectivity index is 1.55. The summed E-state index contributed by atoms with van der Waals surface area (Å²) in [7, 11) is -3.02. The first-order chi connectivity index (χ1) is 10.4. The number of nitrogens with zero attached hydrogens (tertiary/aromatic N) is 1. The Morgan fingerprint density at radius 3 is 2.91 bits per heavy atom. The molecule has 1 aromatic rings. The molecule has 0 spiro atoms. The highest BCUT2D eigenvalue weighted by molar-refractivity contribution is 7.91. The molecule has 0 radical (unpaired) electrons. The number of likely N-dealkylation sites (tertiary alicyclic amines) is 1. The Kier molecular flexibility index (Phi) is 3.94. The van der Waals surface area contributed by atoms with Gasteiger partial charge in [-0.3, -0.25) is 9.59 Å². The summed E-state index contributed by atoms with van der Waals surface area (Å²) in [6.07, 6.45) is 2.15. The molecule has 0 unspecified atom stereocenters. The number of hydrogen-bond donors (Lipinski definition) is 1. The summed E-state index contributed by atoms with van der Waals surface area (Å²) in [5.41, 5.74) is 0. The molecule has 2 saturated heterocycles. The first kappa shape index (κ1) is 15.1. The number of sulfone groups is 1. The summed E-state index contributed by atoms with van der Waals surface area (Å²) in [5.74, 6) is 0.0387. The number of furan rings is 1. The lowest BCUT2D eigenvalue weighted by Crippen LogP contribution is -2.40. The fraction of sp³-hybridized carbons (Fsp3) is 0.571. The number of carbonyl (C=O) groups is 2. The summed E-state index contributed by atoms with van der Waals surface area (Å²) in [5, 5.41) is 2.76. The zero-order chi connectivity index (χ0) is 15.7. The van der Waals surface area contributed by atoms with Crippen LogP contribution in [0.2, 0.25) is 0 Å². The van der Waals surface area contributed by atoms with Gasteiger partial charge < -0.3 is 14.6 Å². The van der Waals surface area contributed by atoms with Crippen LogP contribution in [0.3, 0.4) is 0 Å². The Hall–Kier alpha value is -1.83. The molecule has 22 heavy (non-hydrogen) atoms. The Morgan fingerprint density at radius 1 is 1.45 bits per heavy atom. The van der Waals surface area contributed by atoms with Crippen molar-refractivity contribution in [3.05, 3.63) is 24.2 Å². The molecule has 2 atom stereocenters. The molecular formula is C14H18N2O5S. The standard InChI is InChI=1S/C14H18N2O5S/c17-13-6-10(7-16(13)8-12-2-1-4-21-12)14(18)15-11-3-5-22(19,20)9-11/h1-2,4,10-11H,3,5-9H2,(H,15,18)/t10-,11+/m0/s1. The van der Waals surface area contributed by atoms with E-state index in [1.807, 2.05) is 0 Å². The molecule has 7 nitrogen and oxygen atoms in total. The van der Waals surface area contributed by atoms with Crippen LogP contribution in [0.25, 0.3) is 0 Å². The van der Waals surface area contributed by atoms with Gasteiger partial charge in [0.1, 0.15) is 5.76 Å². The van der Waals surface area contributed by atoms with Gasteiger partial charge >= 0.3 is 0 Å². The van der Waals surface area contributed by atoms with E-state index in [0.29, 0.717) is 25.3 Å². The van der Waals surface area contributed by atoms with E-state index in [1.165, 1.54) is 0 Å². The van der Waals surface area contributed by atoms with Crippen molar-refractivity contribution in [2.24, 2.45) is 5.92 Å². The largest absolute Gasteiger partial charge is 0.467 e. The van der Waals surface area contributed by atoms with E-state index in [9.17, 15) is 18.0 Å². The van der Waals surface area contributed by atoms with Gasteiger partial charge in [0.2, 0.25) is 11.8 Å². The normalized spacial score (nSPS) is 27.3. The molecule has 0 aromatic carbocycles. The zero-order valence-electron chi connectivity index (χ0n) is 12.0. The summed E-state index contributed by atoms with van der Waals surface area (Å²) < 4.78 is 28.0. The predicted molar refractivity (Wildman–Crippen MR) is 77.4 cm³/mol. The fourth-order valence-electron chi connectivity index (χ4n) is 2.92. The summed E-state index contributed by atoms with van der Waals surface area (Å²) in [6, 6.07) is 3.21. The quantitative estimate of drug-likeness (QED) is 0.835. The van der Waals surface area contributed by atoms with E-state index < -0.39 is 15.8 Å². The molecule has 0 saturated carbocycles. The van der Waals surface area contributed by atoms with Crippen LogP contribution in [0.1, 0.15) is 18.6 Å². The smallest absolute Gasteiger partial charge is 0.225 e. The van der Waals surface area contributed by atoms with Crippen LogP contribution in [0.15, 0.2) is 22.8 Å². The van der Waals surface area contributed by atoms with E-state index in [4.69, 9.17) is 4.42 Å². The lowest BCUT2D eigenvalue weighted by atomic mass is 10.1. The highest BCUT2D eigenvalue weighted by Crippen LogP contribution is 2.21. The van der Waals surface area contributed by atoms with Crippen molar-refractivity contribution >= 4 is 21.7 Å². The van der Waals surface area contributed by atoms with Gasteiger partial charge in [0.25, 0.3) is 0 Å². The van der Waals surface area contributed by atoms with Crippen LogP contribution in [-0.2, 0) is 26.0 Å². The van der Waals surface area contributed by atoms with Gasteiger partial charge in [-0.25, -0.2) is 8.42 Å². The van der Waals surface area contributed by atoms with Crippen molar-refractivity contribution in [1.82, 2.24) is 10.2 Å². The monoisotopic (exact) mass is 326 g/mol. The first-order valence-corrected chi connectivity index (χ1v) is 9.06. The van der Waals surface area contributed by atoms with Crippen LogP contribution in [-0.4, -0.2) is 49.2 Å². The Bertz CT molecular complexity index is 667. The minimum Gasteiger partial charge on any atom is -0.467 e. The molecule has 1 N–H and O–H groups in total. The van der Waals surface area contributed by atoms with Crippen molar-refractivity contribution in [2.45, 2.75) is 25.4 Å². The molecular weight excluding hydrogens is 308 g/mol. The molecule has 2 amide bonds. The van der Waals surface area contributed by atoms with E-state index >= 15 is 0 Å². The summed E-state index contributed by atoms with van der Waals surface area (Å²) in [6.45, 7) is 0.693. The van der Waals surface area contributed by atoms with E-state index in [2.05, 4.69) is 5.32 Å².